The molecule has 2 unspecified atom stereocenters. The quantitative estimate of drug-likeness (QED) is 0.913. The van der Waals surface area contributed by atoms with Gasteiger partial charge in [0.05, 0.1) is 6.54 Å². The summed E-state index contributed by atoms with van der Waals surface area (Å²) in [5, 5.41) is 3.49. The van der Waals surface area contributed by atoms with Crippen molar-refractivity contribution < 1.29 is 4.42 Å². The molecule has 3 rings (SSSR count). The van der Waals surface area contributed by atoms with Gasteiger partial charge in [0.15, 0.2) is 0 Å². The van der Waals surface area contributed by atoms with Crippen molar-refractivity contribution in [1.82, 2.24) is 10.2 Å². The number of rotatable bonds is 4. The lowest BCUT2D eigenvalue weighted by Crippen LogP contribution is -2.34. The molecule has 2 heterocycles. The van der Waals surface area contributed by atoms with Gasteiger partial charge in [-0.15, -0.1) is 0 Å². The molecule has 0 amide bonds. The summed E-state index contributed by atoms with van der Waals surface area (Å²) >= 11 is 0. The van der Waals surface area contributed by atoms with E-state index in [0.29, 0.717) is 0 Å². The van der Waals surface area contributed by atoms with E-state index in [1.165, 1.54) is 31.4 Å². The van der Waals surface area contributed by atoms with Crippen LogP contribution < -0.4 is 5.32 Å². The van der Waals surface area contributed by atoms with Crippen LogP contribution in [-0.4, -0.2) is 23.0 Å². The summed E-state index contributed by atoms with van der Waals surface area (Å²) in [6, 6.07) is 3.09. The van der Waals surface area contributed by atoms with Crippen molar-refractivity contribution in [3.05, 3.63) is 23.2 Å². The molecule has 2 aliphatic rings. The lowest BCUT2D eigenvalue weighted by Gasteiger charge is -2.26. The van der Waals surface area contributed by atoms with Crippen LogP contribution >= 0.6 is 0 Å². The van der Waals surface area contributed by atoms with E-state index >= 15 is 0 Å². The van der Waals surface area contributed by atoms with Crippen molar-refractivity contribution >= 4 is 0 Å². The number of nitrogens with one attached hydrogen (secondary N) is 1. The van der Waals surface area contributed by atoms with Gasteiger partial charge >= 0.3 is 0 Å². The van der Waals surface area contributed by atoms with Crippen molar-refractivity contribution in [3.8, 4) is 0 Å². The van der Waals surface area contributed by atoms with E-state index in [1.54, 1.807) is 0 Å². The Kier molecular flexibility index (Phi) is 3.67. The molecular formula is C17H28N2O. The van der Waals surface area contributed by atoms with Crippen molar-refractivity contribution in [3.63, 3.8) is 0 Å². The van der Waals surface area contributed by atoms with Gasteiger partial charge in [0.2, 0.25) is 0 Å². The maximum Gasteiger partial charge on any atom is 0.118 e. The Labute approximate surface area is 122 Å². The molecule has 1 saturated carbocycles. The van der Waals surface area contributed by atoms with Crippen LogP contribution in [0.2, 0.25) is 0 Å². The van der Waals surface area contributed by atoms with Gasteiger partial charge in [0.25, 0.3) is 0 Å². The van der Waals surface area contributed by atoms with Gasteiger partial charge in [-0.2, -0.15) is 0 Å². The van der Waals surface area contributed by atoms with E-state index in [-0.39, 0.29) is 5.54 Å². The lowest BCUT2D eigenvalue weighted by atomic mass is 10.1. The third kappa shape index (κ3) is 3.09. The Bertz CT molecular complexity index is 472. The molecule has 0 spiro atoms. The molecule has 20 heavy (non-hydrogen) atoms. The second-order valence-electron chi connectivity index (χ2n) is 7.66. The minimum atomic E-state index is 0.134. The molecule has 1 aliphatic heterocycles. The van der Waals surface area contributed by atoms with Gasteiger partial charge in [-0.05, 0) is 58.9 Å². The topological polar surface area (TPSA) is 28.4 Å². The number of piperidine rings is 1. The van der Waals surface area contributed by atoms with E-state index in [4.69, 9.17) is 4.42 Å². The molecule has 0 radical (unpaired) electrons. The Balaban J connectivity index is 1.61. The second-order valence-corrected chi connectivity index (χ2v) is 7.66. The molecule has 3 nitrogen and oxygen atoms in total. The molecule has 0 aromatic carbocycles. The van der Waals surface area contributed by atoms with Gasteiger partial charge in [0, 0.05) is 30.2 Å². The predicted molar refractivity (Wildman–Crippen MR) is 81.6 cm³/mol. The fourth-order valence-electron chi connectivity index (χ4n) is 3.62. The second kappa shape index (κ2) is 5.19. The van der Waals surface area contributed by atoms with Crippen molar-refractivity contribution in [2.45, 2.75) is 71.6 Å². The first-order valence-corrected chi connectivity index (χ1v) is 7.98. The highest BCUT2D eigenvalue weighted by Gasteiger charge is 2.37. The smallest absolute Gasteiger partial charge is 0.118 e. The zero-order valence-corrected chi connectivity index (χ0v) is 13.3. The molecule has 2 fully saturated rings. The average Bonchev–Trinajstić information content (AvgIpc) is 3.03. The number of likely N-dealkylation sites (tertiary alicyclic amines) is 1. The number of hydrogen-bond acceptors (Lipinski definition) is 3. The lowest BCUT2D eigenvalue weighted by molar-refractivity contribution is 0.204. The number of fused-ring (bicyclic) bond motifs is 2. The molecule has 2 bridgehead atoms. The van der Waals surface area contributed by atoms with Crippen molar-refractivity contribution in [1.29, 1.82) is 0 Å². The summed E-state index contributed by atoms with van der Waals surface area (Å²) in [7, 11) is 0. The molecule has 1 aliphatic carbocycles. The summed E-state index contributed by atoms with van der Waals surface area (Å²) in [6.07, 6.45) is 4.28. The zero-order valence-electron chi connectivity index (χ0n) is 13.3. The molecular weight excluding hydrogens is 248 g/mol. The first-order chi connectivity index (χ1) is 9.40. The van der Waals surface area contributed by atoms with Crippen LogP contribution in [0.25, 0.3) is 0 Å². The van der Waals surface area contributed by atoms with E-state index in [1.807, 2.05) is 0 Å². The van der Waals surface area contributed by atoms with E-state index in [9.17, 15) is 0 Å². The standard InChI is InChI=1S/C17H28N2O/c1-12-14(8-16(20-12)9-18-17(2,3)4)11-19-10-13-5-6-15(19)7-13/h8,13,15,18H,5-7,9-11H2,1-4H3. The van der Waals surface area contributed by atoms with Crippen LogP contribution in [0.1, 0.15) is 57.1 Å². The third-order valence-electron chi connectivity index (χ3n) is 4.76. The third-order valence-corrected chi connectivity index (χ3v) is 4.76. The molecule has 112 valence electrons. The Morgan fingerprint density at radius 1 is 1.35 bits per heavy atom. The normalized spacial score (nSPS) is 26.6. The summed E-state index contributed by atoms with van der Waals surface area (Å²) in [5.74, 6) is 3.13. The first kappa shape index (κ1) is 14.2. The Hall–Kier alpha value is -0.800. The van der Waals surface area contributed by atoms with Gasteiger partial charge in [-0.25, -0.2) is 0 Å². The Morgan fingerprint density at radius 3 is 2.75 bits per heavy atom. The van der Waals surface area contributed by atoms with Crippen LogP contribution in [0.5, 0.6) is 0 Å². The minimum Gasteiger partial charge on any atom is -0.465 e. The van der Waals surface area contributed by atoms with Crippen LogP contribution in [0.3, 0.4) is 0 Å². The van der Waals surface area contributed by atoms with Crippen LogP contribution in [0.4, 0.5) is 0 Å². The van der Waals surface area contributed by atoms with Gasteiger partial charge in [-0.1, -0.05) is 0 Å². The van der Waals surface area contributed by atoms with Gasteiger partial charge in [0.1, 0.15) is 11.5 Å². The number of nitrogens with zero attached hydrogens (tertiary/aromatic N) is 1. The zero-order chi connectivity index (χ0) is 14.3. The highest BCUT2D eigenvalue weighted by Crippen LogP contribution is 2.38. The van der Waals surface area contributed by atoms with Gasteiger partial charge < -0.3 is 9.73 Å². The summed E-state index contributed by atoms with van der Waals surface area (Å²) < 4.78 is 5.91. The average molecular weight is 276 g/mol. The molecule has 2 atom stereocenters. The number of furan rings is 1. The first-order valence-electron chi connectivity index (χ1n) is 7.98. The van der Waals surface area contributed by atoms with E-state index < -0.39 is 0 Å². The monoisotopic (exact) mass is 276 g/mol. The van der Waals surface area contributed by atoms with Crippen LogP contribution in [0.15, 0.2) is 10.5 Å². The van der Waals surface area contributed by atoms with E-state index in [0.717, 1.165) is 36.6 Å². The highest BCUT2D eigenvalue weighted by molar-refractivity contribution is 5.21. The van der Waals surface area contributed by atoms with E-state index in [2.05, 4.69) is 44.0 Å². The number of aryl methyl sites for hydroxylation is 1. The summed E-state index contributed by atoms with van der Waals surface area (Å²) in [4.78, 5) is 2.66. The van der Waals surface area contributed by atoms with Crippen molar-refractivity contribution in [2.75, 3.05) is 6.54 Å². The highest BCUT2D eigenvalue weighted by atomic mass is 16.3. The molecule has 1 aromatic heterocycles. The SMILES string of the molecule is Cc1oc(CNC(C)(C)C)cc1CN1CC2CCC1C2. The maximum atomic E-state index is 5.91. The fourth-order valence-corrected chi connectivity index (χ4v) is 3.62. The molecule has 3 heteroatoms. The predicted octanol–water partition coefficient (Wildman–Crippen LogP) is 3.46. The van der Waals surface area contributed by atoms with Gasteiger partial charge in [-0.3, -0.25) is 4.90 Å². The largest absolute Gasteiger partial charge is 0.465 e. The minimum absolute atomic E-state index is 0.134. The van der Waals surface area contributed by atoms with Crippen LogP contribution in [-0.2, 0) is 13.1 Å². The van der Waals surface area contributed by atoms with Crippen molar-refractivity contribution in [2.24, 2.45) is 5.92 Å². The molecule has 1 N–H and O–H groups in total. The maximum absolute atomic E-state index is 5.91. The summed E-state index contributed by atoms with van der Waals surface area (Å²) in [6.45, 7) is 11.8. The van der Waals surface area contributed by atoms with Crippen LogP contribution in [0, 0.1) is 12.8 Å². The summed E-state index contributed by atoms with van der Waals surface area (Å²) in [5.41, 5.74) is 1.51. The Morgan fingerprint density at radius 2 is 2.15 bits per heavy atom. The fraction of sp³-hybridized carbons (Fsp3) is 0.765. The number of hydrogen-bond donors (Lipinski definition) is 1. The molecule has 1 aromatic rings. The molecule has 1 saturated heterocycles.